The number of rotatable bonds is 3. The minimum absolute atomic E-state index is 0.698. The Hall–Kier alpha value is -0.740. The summed E-state index contributed by atoms with van der Waals surface area (Å²) in [6.45, 7) is 4.99. The van der Waals surface area contributed by atoms with Gasteiger partial charge in [-0.05, 0) is 44.2 Å². The molecule has 0 saturated carbocycles. The number of hydrogen-bond acceptors (Lipinski definition) is 4. The maximum absolute atomic E-state index is 6.05. The average Bonchev–Trinajstić information content (AvgIpc) is 2.83. The Morgan fingerprint density at radius 2 is 2.29 bits per heavy atom. The number of thioether (sulfide) groups is 1. The first-order chi connectivity index (χ1) is 8.09. The highest BCUT2D eigenvalue weighted by Gasteiger charge is 2.21. The van der Waals surface area contributed by atoms with Gasteiger partial charge in [-0.25, -0.2) is 0 Å². The molecule has 1 atom stereocenters. The van der Waals surface area contributed by atoms with Crippen LogP contribution in [-0.4, -0.2) is 34.5 Å². The van der Waals surface area contributed by atoms with Gasteiger partial charge in [0.25, 0.3) is 0 Å². The van der Waals surface area contributed by atoms with Gasteiger partial charge in [-0.1, -0.05) is 0 Å². The average molecular weight is 251 g/mol. The van der Waals surface area contributed by atoms with Crippen LogP contribution in [0.25, 0.3) is 0 Å². The Bertz CT molecular complexity index is 400. The number of nitrogens with zero attached hydrogens (tertiary/aromatic N) is 2. The minimum Gasteiger partial charge on any atom is -0.398 e. The van der Waals surface area contributed by atoms with Crippen molar-refractivity contribution < 1.29 is 0 Å². The van der Waals surface area contributed by atoms with Crippen molar-refractivity contribution in [2.24, 2.45) is 0 Å². The number of hydrogen-bond donors (Lipinski definition) is 1. The molecule has 0 amide bonds. The van der Waals surface area contributed by atoms with Crippen molar-refractivity contribution in [2.45, 2.75) is 32.9 Å². The van der Waals surface area contributed by atoms with E-state index in [1.165, 1.54) is 17.9 Å². The van der Waals surface area contributed by atoms with Crippen LogP contribution < -0.4 is 5.73 Å². The molecule has 0 aromatic carbocycles. The van der Waals surface area contributed by atoms with E-state index in [1.54, 1.807) is 0 Å². The Kier molecular flexibility index (Phi) is 3.94. The summed E-state index contributed by atoms with van der Waals surface area (Å²) in [5, 5.41) is 0. The van der Waals surface area contributed by atoms with Gasteiger partial charge in [0.2, 0.25) is 0 Å². The van der Waals surface area contributed by atoms with Gasteiger partial charge in [-0.2, -0.15) is 11.8 Å². The summed E-state index contributed by atoms with van der Waals surface area (Å²) in [6.07, 6.45) is 3.18. The molecule has 0 aliphatic carbocycles. The molecule has 1 fully saturated rings. The van der Waals surface area contributed by atoms with Gasteiger partial charge in [-0.3, -0.25) is 9.88 Å². The Morgan fingerprint density at radius 3 is 2.94 bits per heavy atom. The fourth-order valence-corrected chi connectivity index (χ4v) is 3.49. The fraction of sp³-hybridized carbons (Fsp3) is 0.615. The topological polar surface area (TPSA) is 42.2 Å². The first-order valence-corrected chi connectivity index (χ1v) is 7.23. The fourth-order valence-electron chi connectivity index (χ4n) is 2.19. The third kappa shape index (κ3) is 2.75. The van der Waals surface area contributed by atoms with E-state index in [0.29, 0.717) is 6.04 Å². The van der Waals surface area contributed by atoms with Crippen LogP contribution in [0.2, 0.25) is 0 Å². The zero-order valence-corrected chi connectivity index (χ0v) is 11.7. The van der Waals surface area contributed by atoms with Crippen LogP contribution in [0, 0.1) is 13.8 Å². The molecule has 1 aromatic rings. The normalized spacial score (nSPS) is 20.1. The Morgan fingerprint density at radius 1 is 1.53 bits per heavy atom. The molecule has 4 heteroatoms. The van der Waals surface area contributed by atoms with Gasteiger partial charge in [0.1, 0.15) is 0 Å². The molecule has 3 nitrogen and oxygen atoms in total. The lowest BCUT2D eigenvalue weighted by Gasteiger charge is -2.24. The standard InChI is InChI=1S/C13H21N3S/c1-9-6-15-12(10(2)13(9)14)7-16(3)11-4-5-17-8-11/h6,11H,4-5,7-8H2,1-3H3,(H2,14,15). The lowest BCUT2D eigenvalue weighted by Crippen LogP contribution is -2.31. The smallest absolute Gasteiger partial charge is 0.0593 e. The van der Waals surface area contributed by atoms with E-state index in [4.69, 9.17) is 5.73 Å². The van der Waals surface area contributed by atoms with Crippen molar-refractivity contribution in [3.8, 4) is 0 Å². The summed E-state index contributed by atoms with van der Waals surface area (Å²) >= 11 is 2.04. The molecule has 2 heterocycles. The molecule has 1 aromatic heterocycles. The van der Waals surface area contributed by atoms with E-state index in [0.717, 1.165) is 29.1 Å². The van der Waals surface area contributed by atoms with Crippen molar-refractivity contribution in [2.75, 3.05) is 24.3 Å². The Balaban J connectivity index is 2.10. The Labute approximate surface area is 108 Å². The molecule has 0 radical (unpaired) electrons. The summed E-state index contributed by atoms with van der Waals surface area (Å²) in [4.78, 5) is 6.93. The molecule has 1 aliphatic heterocycles. The SMILES string of the molecule is Cc1cnc(CN(C)C2CCSC2)c(C)c1N. The molecule has 1 unspecified atom stereocenters. The molecule has 94 valence electrons. The third-order valence-electron chi connectivity index (χ3n) is 3.60. The third-order valence-corrected chi connectivity index (χ3v) is 4.75. The van der Waals surface area contributed by atoms with Crippen molar-refractivity contribution in [3.63, 3.8) is 0 Å². The van der Waals surface area contributed by atoms with E-state index in [-0.39, 0.29) is 0 Å². The zero-order chi connectivity index (χ0) is 12.4. The van der Waals surface area contributed by atoms with Crippen LogP contribution in [-0.2, 0) is 6.54 Å². The van der Waals surface area contributed by atoms with Gasteiger partial charge >= 0.3 is 0 Å². The molecule has 1 saturated heterocycles. The van der Waals surface area contributed by atoms with Crippen LogP contribution in [0.4, 0.5) is 5.69 Å². The largest absolute Gasteiger partial charge is 0.398 e. The maximum Gasteiger partial charge on any atom is 0.0593 e. The number of nitrogen functional groups attached to an aromatic ring is 1. The predicted molar refractivity (Wildman–Crippen MR) is 75.3 cm³/mol. The van der Waals surface area contributed by atoms with Crippen LogP contribution in [0.1, 0.15) is 23.2 Å². The molecule has 2 rings (SSSR count). The highest BCUT2D eigenvalue weighted by Crippen LogP contribution is 2.24. The minimum atomic E-state index is 0.698. The van der Waals surface area contributed by atoms with Crippen molar-refractivity contribution in [1.29, 1.82) is 0 Å². The summed E-state index contributed by atoms with van der Waals surface area (Å²) < 4.78 is 0. The van der Waals surface area contributed by atoms with E-state index in [1.807, 2.05) is 24.9 Å². The van der Waals surface area contributed by atoms with Gasteiger partial charge in [0.15, 0.2) is 0 Å². The lowest BCUT2D eigenvalue weighted by atomic mass is 10.1. The molecule has 0 spiro atoms. The summed E-state index contributed by atoms with van der Waals surface area (Å²) in [5.74, 6) is 2.54. The van der Waals surface area contributed by atoms with Crippen LogP contribution in [0.5, 0.6) is 0 Å². The highest BCUT2D eigenvalue weighted by molar-refractivity contribution is 7.99. The van der Waals surface area contributed by atoms with Crippen LogP contribution in [0.15, 0.2) is 6.20 Å². The molecular weight excluding hydrogens is 230 g/mol. The molecule has 17 heavy (non-hydrogen) atoms. The van der Waals surface area contributed by atoms with Crippen LogP contribution >= 0.6 is 11.8 Å². The number of nitrogens with two attached hydrogens (primary N) is 1. The maximum atomic E-state index is 6.05. The van der Waals surface area contributed by atoms with Crippen molar-refractivity contribution >= 4 is 17.4 Å². The van der Waals surface area contributed by atoms with Crippen molar-refractivity contribution in [1.82, 2.24) is 9.88 Å². The van der Waals surface area contributed by atoms with E-state index in [9.17, 15) is 0 Å². The van der Waals surface area contributed by atoms with E-state index < -0.39 is 0 Å². The molecule has 0 bridgehead atoms. The first kappa shape index (κ1) is 12.7. The second-order valence-electron chi connectivity index (χ2n) is 4.86. The lowest BCUT2D eigenvalue weighted by molar-refractivity contribution is 0.251. The monoisotopic (exact) mass is 251 g/mol. The van der Waals surface area contributed by atoms with Gasteiger partial charge in [-0.15, -0.1) is 0 Å². The predicted octanol–water partition coefficient (Wildman–Crippen LogP) is 2.22. The number of aryl methyl sites for hydroxylation is 1. The highest BCUT2D eigenvalue weighted by atomic mass is 32.2. The number of aromatic nitrogens is 1. The summed E-state index contributed by atoms with van der Waals surface area (Å²) in [6, 6.07) is 0.698. The van der Waals surface area contributed by atoms with Crippen LogP contribution in [0.3, 0.4) is 0 Å². The number of pyridine rings is 1. The van der Waals surface area contributed by atoms with Gasteiger partial charge < -0.3 is 5.73 Å². The molecular formula is C13H21N3S. The van der Waals surface area contributed by atoms with Gasteiger partial charge in [0, 0.05) is 30.2 Å². The second kappa shape index (κ2) is 5.27. The van der Waals surface area contributed by atoms with E-state index in [2.05, 4.69) is 23.9 Å². The molecule has 2 N–H and O–H groups in total. The number of anilines is 1. The van der Waals surface area contributed by atoms with Crippen molar-refractivity contribution in [3.05, 3.63) is 23.0 Å². The van der Waals surface area contributed by atoms with Gasteiger partial charge in [0.05, 0.1) is 5.69 Å². The second-order valence-corrected chi connectivity index (χ2v) is 6.01. The quantitative estimate of drug-likeness (QED) is 0.894. The molecule has 1 aliphatic rings. The summed E-state index contributed by atoms with van der Waals surface area (Å²) in [7, 11) is 2.19. The summed E-state index contributed by atoms with van der Waals surface area (Å²) in [5.41, 5.74) is 10.3. The first-order valence-electron chi connectivity index (χ1n) is 6.08. The zero-order valence-electron chi connectivity index (χ0n) is 10.9. The van der Waals surface area contributed by atoms with E-state index >= 15 is 0 Å².